The van der Waals surface area contributed by atoms with Crippen molar-refractivity contribution in [3.05, 3.63) is 0 Å². The predicted molar refractivity (Wildman–Crippen MR) is 64.6 cm³/mol. The molecule has 1 radical (unpaired) electrons. The number of hydrogen-bond donors (Lipinski definition) is 1. The first-order valence-electron chi connectivity index (χ1n) is 5.98. The molecule has 2 unspecified atom stereocenters. The Morgan fingerprint density at radius 1 is 1.14 bits per heavy atom. The lowest BCUT2D eigenvalue weighted by Gasteiger charge is -2.26. The average Bonchev–Trinajstić information content (AvgIpc) is 2.13. The van der Waals surface area contributed by atoms with E-state index in [0.717, 1.165) is 18.3 Å². The standard InChI is InChI=1S/C12H26BO/c1-6-11(7-9(2)3)10(4)8-12(14)13-5/h9-12,14H,6-8H2,1-5H3/t10-,11?,12?/m0/s1. The quantitative estimate of drug-likeness (QED) is 0.621. The molecule has 0 bridgehead atoms. The molecule has 0 aromatic rings. The van der Waals surface area contributed by atoms with Crippen molar-refractivity contribution in [2.75, 3.05) is 0 Å². The highest BCUT2D eigenvalue weighted by molar-refractivity contribution is 6.35. The van der Waals surface area contributed by atoms with Crippen LogP contribution in [0, 0.1) is 17.8 Å². The molecule has 1 nitrogen and oxygen atoms in total. The maximum absolute atomic E-state index is 9.55. The largest absolute Gasteiger partial charge is 0.402 e. The third-order valence-corrected chi connectivity index (χ3v) is 3.10. The van der Waals surface area contributed by atoms with E-state index in [1.54, 1.807) is 0 Å². The zero-order chi connectivity index (χ0) is 11.1. The van der Waals surface area contributed by atoms with Gasteiger partial charge < -0.3 is 5.11 Å². The van der Waals surface area contributed by atoms with E-state index in [-0.39, 0.29) is 6.00 Å². The molecule has 0 heterocycles. The number of aliphatic hydroxyl groups excluding tert-OH is 1. The number of hydrogen-bond acceptors (Lipinski definition) is 1. The molecule has 0 aliphatic carbocycles. The first-order chi connectivity index (χ1) is 6.51. The summed E-state index contributed by atoms with van der Waals surface area (Å²) < 4.78 is 0. The number of aliphatic hydroxyl groups is 1. The van der Waals surface area contributed by atoms with E-state index in [2.05, 4.69) is 27.7 Å². The van der Waals surface area contributed by atoms with Crippen molar-refractivity contribution < 1.29 is 5.11 Å². The van der Waals surface area contributed by atoms with Crippen LogP contribution in [-0.2, 0) is 0 Å². The van der Waals surface area contributed by atoms with E-state index < -0.39 is 0 Å². The van der Waals surface area contributed by atoms with Gasteiger partial charge in [0.2, 0.25) is 0 Å². The molecular formula is C12H26BO. The van der Waals surface area contributed by atoms with Crippen LogP contribution in [0.4, 0.5) is 0 Å². The summed E-state index contributed by atoms with van der Waals surface area (Å²) in [6, 6.07) is -0.216. The Hall–Kier alpha value is 0.0249. The maximum Gasteiger partial charge on any atom is 0.145 e. The van der Waals surface area contributed by atoms with Crippen molar-refractivity contribution in [3.8, 4) is 0 Å². The normalized spacial score (nSPS) is 17.9. The number of rotatable bonds is 7. The summed E-state index contributed by atoms with van der Waals surface area (Å²) in [6.45, 7) is 11.0. The summed E-state index contributed by atoms with van der Waals surface area (Å²) in [7, 11) is 1.89. The summed E-state index contributed by atoms with van der Waals surface area (Å²) in [4.78, 5) is 0. The lowest BCUT2D eigenvalue weighted by atomic mass is 9.69. The minimum Gasteiger partial charge on any atom is -0.402 e. The zero-order valence-corrected chi connectivity index (χ0v) is 10.5. The van der Waals surface area contributed by atoms with Gasteiger partial charge in [0, 0.05) is 6.00 Å². The molecule has 0 amide bonds. The van der Waals surface area contributed by atoms with Gasteiger partial charge in [0.1, 0.15) is 7.28 Å². The van der Waals surface area contributed by atoms with Crippen LogP contribution in [-0.4, -0.2) is 18.4 Å². The molecule has 0 fully saturated rings. The highest BCUT2D eigenvalue weighted by Gasteiger charge is 2.19. The Morgan fingerprint density at radius 3 is 2.07 bits per heavy atom. The molecule has 0 aliphatic rings. The van der Waals surface area contributed by atoms with Gasteiger partial charge in [-0.25, -0.2) is 0 Å². The second-order valence-electron chi connectivity index (χ2n) is 4.91. The van der Waals surface area contributed by atoms with Gasteiger partial charge in [-0.05, 0) is 30.6 Å². The third-order valence-electron chi connectivity index (χ3n) is 3.10. The molecule has 0 rings (SSSR count). The first-order valence-corrected chi connectivity index (χ1v) is 5.98. The van der Waals surface area contributed by atoms with Crippen molar-refractivity contribution in [2.45, 2.75) is 59.8 Å². The highest BCUT2D eigenvalue weighted by Crippen LogP contribution is 2.26. The summed E-state index contributed by atoms with van der Waals surface area (Å²) in [5.74, 6) is 2.17. The molecule has 0 spiro atoms. The van der Waals surface area contributed by atoms with Gasteiger partial charge in [0.15, 0.2) is 0 Å². The Morgan fingerprint density at radius 2 is 1.71 bits per heavy atom. The highest BCUT2D eigenvalue weighted by atomic mass is 16.3. The molecule has 0 saturated carbocycles. The molecule has 1 N–H and O–H groups in total. The van der Waals surface area contributed by atoms with Crippen molar-refractivity contribution in [1.82, 2.24) is 0 Å². The average molecular weight is 197 g/mol. The van der Waals surface area contributed by atoms with Crippen LogP contribution < -0.4 is 0 Å². The van der Waals surface area contributed by atoms with Gasteiger partial charge in [-0.2, -0.15) is 0 Å². The fourth-order valence-electron chi connectivity index (χ4n) is 2.12. The van der Waals surface area contributed by atoms with Crippen molar-refractivity contribution >= 4 is 7.28 Å². The Balaban J connectivity index is 3.96. The molecule has 3 atom stereocenters. The smallest absolute Gasteiger partial charge is 0.145 e. The van der Waals surface area contributed by atoms with E-state index >= 15 is 0 Å². The van der Waals surface area contributed by atoms with Crippen LogP contribution in [0.25, 0.3) is 0 Å². The van der Waals surface area contributed by atoms with Crippen LogP contribution >= 0.6 is 0 Å². The molecule has 0 aromatic carbocycles. The van der Waals surface area contributed by atoms with Crippen molar-refractivity contribution in [1.29, 1.82) is 0 Å². The second kappa shape index (κ2) is 7.33. The van der Waals surface area contributed by atoms with Crippen LogP contribution in [0.1, 0.15) is 47.0 Å². The Labute approximate surface area is 90.5 Å². The van der Waals surface area contributed by atoms with Crippen LogP contribution in [0.2, 0.25) is 6.82 Å². The second-order valence-corrected chi connectivity index (χ2v) is 4.91. The van der Waals surface area contributed by atoms with Gasteiger partial charge in [-0.3, -0.25) is 0 Å². The molecule has 0 aliphatic heterocycles. The maximum atomic E-state index is 9.55. The summed E-state index contributed by atoms with van der Waals surface area (Å²) >= 11 is 0. The Bertz CT molecular complexity index is 136. The summed E-state index contributed by atoms with van der Waals surface area (Å²) in [6.07, 6.45) is 3.44. The minimum absolute atomic E-state index is 0.216. The van der Waals surface area contributed by atoms with E-state index in [4.69, 9.17) is 0 Å². The fraction of sp³-hybridized carbons (Fsp3) is 1.00. The zero-order valence-electron chi connectivity index (χ0n) is 10.5. The Kier molecular flexibility index (Phi) is 7.35. The van der Waals surface area contributed by atoms with Gasteiger partial charge in [0.05, 0.1) is 0 Å². The van der Waals surface area contributed by atoms with E-state index in [1.165, 1.54) is 12.8 Å². The molecule has 2 heteroatoms. The van der Waals surface area contributed by atoms with Gasteiger partial charge in [-0.1, -0.05) is 40.9 Å². The first kappa shape index (κ1) is 14.0. The monoisotopic (exact) mass is 197 g/mol. The van der Waals surface area contributed by atoms with Crippen LogP contribution in [0.15, 0.2) is 0 Å². The minimum atomic E-state index is -0.216. The fourth-order valence-corrected chi connectivity index (χ4v) is 2.12. The van der Waals surface area contributed by atoms with Gasteiger partial charge in [0.25, 0.3) is 0 Å². The third kappa shape index (κ3) is 5.69. The van der Waals surface area contributed by atoms with E-state index in [1.807, 2.05) is 14.1 Å². The lowest BCUT2D eigenvalue weighted by Crippen LogP contribution is -2.22. The van der Waals surface area contributed by atoms with E-state index in [9.17, 15) is 5.11 Å². The van der Waals surface area contributed by atoms with Crippen LogP contribution in [0.3, 0.4) is 0 Å². The van der Waals surface area contributed by atoms with Crippen molar-refractivity contribution in [3.63, 3.8) is 0 Å². The molecule has 83 valence electrons. The summed E-state index contributed by atoms with van der Waals surface area (Å²) in [5.41, 5.74) is 0. The SMILES string of the molecule is C[B]C(O)C[C@H](C)C(CC)CC(C)C. The van der Waals surface area contributed by atoms with Crippen LogP contribution in [0.5, 0.6) is 0 Å². The predicted octanol–water partition coefficient (Wildman–Crippen LogP) is 3.16. The molecular weight excluding hydrogens is 171 g/mol. The van der Waals surface area contributed by atoms with E-state index in [0.29, 0.717) is 5.92 Å². The van der Waals surface area contributed by atoms with Crippen molar-refractivity contribution in [2.24, 2.45) is 17.8 Å². The topological polar surface area (TPSA) is 20.2 Å². The molecule has 14 heavy (non-hydrogen) atoms. The summed E-state index contributed by atoms with van der Waals surface area (Å²) in [5, 5.41) is 9.55. The van der Waals surface area contributed by atoms with Gasteiger partial charge >= 0.3 is 0 Å². The molecule has 0 aromatic heterocycles. The van der Waals surface area contributed by atoms with Gasteiger partial charge in [-0.15, -0.1) is 0 Å². The lowest BCUT2D eigenvalue weighted by molar-refractivity contribution is 0.180. The molecule has 0 saturated heterocycles.